The number of nitro benzene ring substituents is 1. The van der Waals surface area contributed by atoms with Crippen molar-refractivity contribution in [3.05, 3.63) is 39.7 Å². The number of hydrogen-bond donors (Lipinski definition) is 2. The predicted octanol–water partition coefficient (Wildman–Crippen LogP) is 1.33. The molecule has 0 aromatic heterocycles. The van der Waals surface area contributed by atoms with Crippen molar-refractivity contribution in [2.75, 3.05) is 6.54 Å². The summed E-state index contributed by atoms with van der Waals surface area (Å²) < 4.78 is 13.4. The van der Waals surface area contributed by atoms with Gasteiger partial charge in [0.05, 0.1) is 10.3 Å². The van der Waals surface area contributed by atoms with Crippen LogP contribution in [0.25, 0.3) is 0 Å². The molecule has 1 fully saturated rings. The summed E-state index contributed by atoms with van der Waals surface area (Å²) in [7, 11) is 0. The van der Waals surface area contributed by atoms with Crippen LogP contribution in [0.5, 0.6) is 0 Å². The van der Waals surface area contributed by atoms with E-state index in [1.54, 1.807) is 0 Å². The minimum atomic E-state index is -1.11. The number of rotatable bonds is 5. The predicted molar refractivity (Wildman–Crippen MR) is 64.7 cm³/mol. The highest BCUT2D eigenvalue weighted by molar-refractivity contribution is 5.95. The number of halogens is 1. The van der Waals surface area contributed by atoms with Crippen LogP contribution >= 0.6 is 0 Å². The third kappa shape index (κ3) is 2.58. The summed E-state index contributed by atoms with van der Waals surface area (Å²) in [6.45, 7) is -0.0419. The number of carbonyl (C=O) groups is 2. The van der Waals surface area contributed by atoms with Gasteiger partial charge in [0, 0.05) is 18.2 Å². The largest absolute Gasteiger partial charge is 0.481 e. The van der Waals surface area contributed by atoms with Crippen LogP contribution in [0.1, 0.15) is 23.2 Å². The summed E-state index contributed by atoms with van der Waals surface area (Å²) >= 11 is 0. The van der Waals surface area contributed by atoms with E-state index in [1.165, 1.54) is 0 Å². The average molecular weight is 282 g/mol. The zero-order chi connectivity index (χ0) is 14.9. The number of hydrogen-bond acceptors (Lipinski definition) is 4. The smallest absolute Gasteiger partial charge is 0.311 e. The lowest BCUT2D eigenvalue weighted by Crippen LogP contribution is -2.34. The van der Waals surface area contributed by atoms with Crippen LogP contribution in [0.15, 0.2) is 18.2 Å². The molecule has 2 N–H and O–H groups in total. The molecule has 8 heteroatoms. The molecule has 1 amide bonds. The number of amides is 1. The molecule has 7 nitrogen and oxygen atoms in total. The van der Waals surface area contributed by atoms with Gasteiger partial charge >= 0.3 is 11.7 Å². The number of nitrogens with zero attached hydrogens (tertiary/aromatic N) is 1. The van der Waals surface area contributed by atoms with Gasteiger partial charge in [-0.15, -0.1) is 0 Å². The average Bonchev–Trinajstić information content (AvgIpc) is 3.16. The molecule has 0 spiro atoms. The summed E-state index contributed by atoms with van der Waals surface area (Å²) in [6.07, 6.45) is 0.967. The van der Waals surface area contributed by atoms with Crippen LogP contribution in [0, 0.1) is 21.3 Å². The Hall–Kier alpha value is -2.51. The van der Waals surface area contributed by atoms with Crippen molar-refractivity contribution in [1.82, 2.24) is 5.32 Å². The Labute approximate surface area is 112 Å². The van der Waals surface area contributed by atoms with E-state index in [1.807, 2.05) is 0 Å². The third-order valence-corrected chi connectivity index (χ3v) is 3.30. The number of carboxylic acid groups (broad SMARTS) is 1. The van der Waals surface area contributed by atoms with E-state index in [2.05, 4.69) is 5.32 Å². The Morgan fingerprint density at radius 1 is 1.45 bits per heavy atom. The van der Waals surface area contributed by atoms with Gasteiger partial charge in [0.25, 0.3) is 5.91 Å². The van der Waals surface area contributed by atoms with Crippen LogP contribution in [-0.2, 0) is 4.79 Å². The maximum absolute atomic E-state index is 13.4. The Bertz CT molecular complexity index is 598. The molecule has 1 aromatic carbocycles. The molecule has 106 valence electrons. The Balaban J connectivity index is 2.05. The monoisotopic (exact) mass is 282 g/mol. The van der Waals surface area contributed by atoms with Crippen LogP contribution < -0.4 is 5.32 Å². The summed E-state index contributed by atoms with van der Waals surface area (Å²) in [4.78, 5) is 32.2. The maximum Gasteiger partial charge on any atom is 0.311 e. The van der Waals surface area contributed by atoms with Crippen molar-refractivity contribution in [2.24, 2.45) is 5.41 Å². The summed E-state index contributed by atoms with van der Waals surface area (Å²) in [5, 5.41) is 21.8. The molecular weight excluding hydrogens is 271 g/mol. The second kappa shape index (κ2) is 4.87. The molecule has 2 rings (SSSR count). The number of nitro groups is 1. The third-order valence-electron chi connectivity index (χ3n) is 3.30. The lowest BCUT2D eigenvalue weighted by atomic mass is 10.1. The maximum atomic E-state index is 13.4. The first-order valence-corrected chi connectivity index (χ1v) is 5.81. The zero-order valence-corrected chi connectivity index (χ0v) is 10.3. The number of benzene rings is 1. The highest BCUT2D eigenvalue weighted by Gasteiger charge is 2.50. The molecule has 0 heterocycles. The normalized spacial score (nSPS) is 15.4. The molecule has 0 saturated heterocycles. The molecule has 1 saturated carbocycles. The highest BCUT2D eigenvalue weighted by Crippen LogP contribution is 2.45. The second-order valence-electron chi connectivity index (χ2n) is 4.69. The van der Waals surface area contributed by atoms with E-state index < -0.39 is 33.7 Å². The Morgan fingerprint density at radius 2 is 2.10 bits per heavy atom. The molecule has 0 radical (unpaired) electrons. The summed E-state index contributed by atoms with van der Waals surface area (Å²) in [5.41, 5.74) is -1.73. The highest BCUT2D eigenvalue weighted by atomic mass is 19.1. The Kier molecular flexibility index (Phi) is 3.39. The van der Waals surface area contributed by atoms with E-state index in [9.17, 15) is 24.1 Å². The van der Waals surface area contributed by atoms with Gasteiger partial charge in [-0.1, -0.05) is 0 Å². The fraction of sp³-hybridized carbons (Fsp3) is 0.333. The van der Waals surface area contributed by atoms with Crippen LogP contribution in [0.4, 0.5) is 10.1 Å². The number of carboxylic acids is 1. The van der Waals surface area contributed by atoms with Gasteiger partial charge in [0.2, 0.25) is 5.82 Å². The molecule has 0 unspecified atom stereocenters. The van der Waals surface area contributed by atoms with Gasteiger partial charge in [0.1, 0.15) is 0 Å². The fourth-order valence-corrected chi connectivity index (χ4v) is 1.76. The molecule has 20 heavy (non-hydrogen) atoms. The fourth-order valence-electron chi connectivity index (χ4n) is 1.76. The van der Waals surface area contributed by atoms with E-state index in [4.69, 9.17) is 5.11 Å². The summed E-state index contributed by atoms with van der Waals surface area (Å²) in [6, 6.07) is 2.78. The van der Waals surface area contributed by atoms with Gasteiger partial charge in [-0.3, -0.25) is 19.7 Å². The van der Waals surface area contributed by atoms with Crippen molar-refractivity contribution in [3.8, 4) is 0 Å². The van der Waals surface area contributed by atoms with Crippen molar-refractivity contribution < 1.29 is 24.0 Å². The van der Waals surface area contributed by atoms with E-state index in [-0.39, 0.29) is 12.1 Å². The van der Waals surface area contributed by atoms with Crippen LogP contribution in [0.3, 0.4) is 0 Å². The van der Waals surface area contributed by atoms with Crippen molar-refractivity contribution in [3.63, 3.8) is 0 Å². The number of carbonyl (C=O) groups excluding carboxylic acids is 1. The summed E-state index contributed by atoms with van der Waals surface area (Å²) in [5.74, 6) is -2.75. The first-order chi connectivity index (χ1) is 9.35. The molecule has 0 aliphatic heterocycles. The number of aliphatic carboxylic acids is 1. The topological polar surface area (TPSA) is 110 Å². The quantitative estimate of drug-likeness (QED) is 0.625. The van der Waals surface area contributed by atoms with Gasteiger partial charge in [-0.2, -0.15) is 4.39 Å². The molecule has 1 aliphatic carbocycles. The molecule has 1 aromatic rings. The first kappa shape index (κ1) is 13.9. The zero-order valence-electron chi connectivity index (χ0n) is 10.3. The van der Waals surface area contributed by atoms with E-state index >= 15 is 0 Å². The van der Waals surface area contributed by atoms with Crippen LogP contribution in [0.2, 0.25) is 0 Å². The van der Waals surface area contributed by atoms with Crippen molar-refractivity contribution in [2.45, 2.75) is 12.8 Å². The van der Waals surface area contributed by atoms with Crippen LogP contribution in [-0.4, -0.2) is 28.5 Å². The first-order valence-electron chi connectivity index (χ1n) is 5.81. The molecular formula is C12H11FN2O5. The SMILES string of the molecule is O=C(NCC1(C(=O)O)CC1)c1ccc([N+](=O)[O-])c(F)c1. The van der Waals surface area contributed by atoms with Gasteiger partial charge in [-0.25, -0.2) is 0 Å². The number of nitrogens with one attached hydrogen (secondary N) is 1. The van der Waals surface area contributed by atoms with Gasteiger partial charge in [-0.05, 0) is 25.0 Å². The lowest BCUT2D eigenvalue weighted by Gasteiger charge is -2.11. The molecule has 0 atom stereocenters. The molecule has 0 bridgehead atoms. The van der Waals surface area contributed by atoms with E-state index in [0.717, 1.165) is 18.2 Å². The van der Waals surface area contributed by atoms with Gasteiger partial charge in [0.15, 0.2) is 0 Å². The second-order valence-corrected chi connectivity index (χ2v) is 4.69. The Morgan fingerprint density at radius 3 is 2.55 bits per heavy atom. The van der Waals surface area contributed by atoms with Crippen molar-refractivity contribution in [1.29, 1.82) is 0 Å². The minimum Gasteiger partial charge on any atom is -0.481 e. The minimum absolute atomic E-state index is 0.0419. The van der Waals surface area contributed by atoms with Crippen molar-refractivity contribution >= 4 is 17.6 Å². The standard InChI is InChI=1S/C12H11FN2O5/c13-8-5-7(1-2-9(8)15(19)20)10(16)14-6-12(3-4-12)11(17)18/h1-2,5H,3-4,6H2,(H,14,16)(H,17,18). The molecule has 1 aliphatic rings. The van der Waals surface area contributed by atoms with E-state index in [0.29, 0.717) is 12.8 Å². The van der Waals surface area contributed by atoms with Gasteiger partial charge < -0.3 is 10.4 Å². The lowest BCUT2D eigenvalue weighted by molar-refractivity contribution is -0.387.